The molecule has 0 saturated carbocycles. The number of aryl methyl sites for hydroxylation is 1. The Kier molecular flexibility index (Phi) is 5.44. The van der Waals surface area contributed by atoms with Gasteiger partial charge in [0, 0.05) is 31.5 Å². The fraction of sp³-hybridized carbons (Fsp3) is 0.429. The molecule has 1 fully saturated rings. The average molecular weight is 394 g/mol. The van der Waals surface area contributed by atoms with Crippen molar-refractivity contribution >= 4 is 16.9 Å². The van der Waals surface area contributed by atoms with Gasteiger partial charge in [0.2, 0.25) is 5.91 Å². The van der Waals surface area contributed by atoms with Crippen molar-refractivity contribution in [1.82, 2.24) is 30.0 Å². The highest BCUT2D eigenvalue weighted by atomic mass is 16.1. The van der Waals surface area contributed by atoms with Crippen LogP contribution in [0.1, 0.15) is 32.0 Å². The first-order valence-corrected chi connectivity index (χ1v) is 10.0. The van der Waals surface area contributed by atoms with Crippen LogP contribution in [0.4, 0.5) is 0 Å². The molecule has 3 aromatic rings. The third-order valence-electron chi connectivity index (χ3n) is 5.80. The number of para-hydroxylation sites is 1. The predicted octanol–water partition coefficient (Wildman–Crippen LogP) is 1.64. The number of H-pyrrole nitrogens is 1. The van der Waals surface area contributed by atoms with Crippen molar-refractivity contribution in [3.63, 3.8) is 0 Å². The summed E-state index contributed by atoms with van der Waals surface area (Å²) >= 11 is 0. The molecule has 0 spiro atoms. The number of rotatable bonds is 6. The highest BCUT2D eigenvalue weighted by Gasteiger charge is 2.27. The minimum Gasteiger partial charge on any atom is -0.355 e. The summed E-state index contributed by atoms with van der Waals surface area (Å²) in [6, 6.07) is 10.5. The monoisotopic (exact) mass is 394 g/mol. The van der Waals surface area contributed by atoms with Crippen LogP contribution in [0.2, 0.25) is 0 Å². The quantitative estimate of drug-likeness (QED) is 0.663. The molecule has 1 saturated heterocycles. The average Bonchev–Trinajstić information content (AvgIpc) is 3.30. The smallest absolute Gasteiger partial charge is 0.262 e. The standard InChI is InChI=1S/C21H26N6O2/c1-14-8-9-16(26(14)2)12-22-19(28)11-10-18-24-20-17(21(29)25-18)13-23-27(20)15-6-4-3-5-7-15/h3-7,13-14,16H,8-12H2,1-2H3,(H,22,28)(H,24,25,29)/t14-,16-/m0/s1. The number of fused-ring (bicyclic) bond motifs is 1. The number of likely N-dealkylation sites (N-methyl/N-ethyl adjacent to an activating group) is 1. The summed E-state index contributed by atoms with van der Waals surface area (Å²) in [6.45, 7) is 2.86. The first-order valence-electron chi connectivity index (χ1n) is 10.0. The lowest BCUT2D eigenvalue weighted by atomic mass is 10.2. The Morgan fingerprint density at radius 2 is 2.07 bits per heavy atom. The van der Waals surface area contributed by atoms with E-state index in [2.05, 4.69) is 39.3 Å². The van der Waals surface area contributed by atoms with E-state index in [1.165, 1.54) is 6.20 Å². The second kappa shape index (κ2) is 8.16. The number of hydrogen-bond donors (Lipinski definition) is 2. The molecule has 0 unspecified atom stereocenters. The van der Waals surface area contributed by atoms with Crippen molar-refractivity contribution in [2.45, 2.75) is 44.7 Å². The van der Waals surface area contributed by atoms with Crippen molar-refractivity contribution in [3.05, 3.63) is 52.7 Å². The van der Waals surface area contributed by atoms with E-state index < -0.39 is 0 Å². The van der Waals surface area contributed by atoms with Gasteiger partial charge in [0.05, 0.1) is 11.9 Å². The van der Waals surface area contributed by atoms with Gasteiger partial charge in [-0.1, -0.05) is 18.2 Å². The van der Waals surface area contributed by atoms with E-state index in [9.17, 15) is 9.59 Å². The third kappa shape index (κ3) is 4.07. The zero-order valence-electron chi connectivity index (χ0n) is 16.8. The van der Waals surface area contributed by atoms with Crippen LogP contribution in [0.3, 0.4) is 0 Å². The topological polar surface area (TPSA) is 95.9 Å². The molecule has 0 bridgehead atoms. The van der Waals surface area contributed by atoms with Crippen LogP contribution >= 0.6 is 0 Å². The number of carbonyl (C=O) groups excluding carboxylic acids is 1. The molecule has 1 aliphatic heterocycles. The van der Waals surface area contributed by atoms with Crippen molar-refractivity contribution in [2.24, 2.45) is 0 Å². The highest BCUT2D eigenvalue weighted by Crippen LogP contribution is 2.20. The summed E-state index contributed by atoms with van der Waals surface area (Å²) in [7, 11) is 2.11. The number of amides is 1. The van der Waals surface area contributed by atoms with E-state index in [4.69, 9.17) is 0 Å². The van der Waals surface area contributed by atoms with E-state index in [0.717, 1.165) is 18.5 Å². The van der Waals surface area contributed by atoms with Gasteiger partial charge in [-0.3, -0.25) is 14.5 Å². The fourth-order valence-corrected chi connectivity index (χ4v) is 3.84. The first kappa shape index (κ1) is 19.3. The lowest BCUT2D eigenvalue weighted by molar-refractivity contribution is -0.121. The molecular weight excluding hydrogens is 368 g/mol. The molecule has 1 amide bonds. The van der Waals surface area contributed by atoms with Crippen LogP contribution in [-0.2, 0) is 11.2 Å². The van der Waals surface area contributed by atoms with Crippen LogP contribution in [-0.4, -0.2) is 56.2 Å². The molecule has 2 aromatic heterocycles. The van der Waals surface area contributed by atoms with Gasteiger partial charge in [-0.2, -0.15) is 5.10 Å². The summed E-state index contributed by atoms with van der Waals surface area (Å²) in [4.78, 5) is 34.3. The molecule has 8 heteroatoms. The van der Waals surface area contributed by atoms with Crippen LogP contribution in [0.25, 0.3) is 16.7 Å². The van der Waals surface area contributed by atoms with Crippen molar-refractivity contribution < 1.29 is 4.79 Å². The third-order valence-corrected chi connectivity index (χ3v) is 5.80. The number of aromatic nitrogens is 4. The van der Waals surface area contributed by atoms with E-state index in [1.54, 1.807) is 4.68 Å². The Morgan fingerprint density at radius 1 is 1.28 bits per heavy atom. The largest absolute Gasteiger partial charge is 0.355 e. The van der Waals surface area contributed by atoms with Gasteiger partial charge in [0.1, 0.15) is 11.2 Å². The molecule has 8 nitrogen and oxygen atoms in total. The van der Waals surface area contributed by atoms with Gasteiger partial charge >= 0.3 is 0 Å². The molecule has 0 aliphatic carbocycles. The summed E-state index contributed by atoms with van der Waals surface area (Å²) in [6.07, 6.45) is 4.43. The van der Waals surface area contributed by atoms with Crippen LogP contribution in [0, 0.1) is 0 Å². The van der Waals surface area contributed by atoms with E-state index >= 15 is 0 Å². The van der Waals surface area contributed by atoms with Gasteiger partial charge in [0.15, 0.2) is 5.65 Å². The Labute approximate surface area is 168 Å². The number of aromatic amines is 1. The maximum absolute atomic E-state index is 12.4. The molecule has 3 heterocycles. The molecule has 2 N–H and O–H groups in total. The normalized spacial score (nSPS) is 19.7. The zero-order chi connectivity index (χ0) is 20.4. The second-order valence-electron chi connectivity index (χ2n) is 7.69. The molecule has 1 aromatic carbocycles. The number of likely N-dealkylation sites (tertiary alicyclic amines) is 1. The number of benzene rings is 1. The summed E-state index contributed by atoms with van der Waals surface area (Å²) < 4.78 is 1.64. The minimum absolute atomic E-state index is 0.0303. The summed E-state index contributed by atoms with van der Waals surface area (Å²) in [5, 5.41) is 7.74. The van der Waals surface area contributed by atoms with E-state index in [-0.39, 0.29) is 17.9 Å². The van der Waals surface area contributed by atoms with Gasteiger partial charge in [-0.25, -0.2) is 9.67 Å². The minimum atomic E-state index is -0.242. The Morgan fingerprint density at radius 3 is 2.79 bits per heavy atom. The van der Waals surface area contributed by atoms with Crippen LogP contribution < -0.4 is 10.9 Å². The van der Waals surface area contributed by atoms with Crippen molar-refractivity contribution in [3.8, 4) is 5.69 Å². The number of nitrogens with zero attached hydrogens (tertiary/aromatic N) is 4. The SMILES string of the molecule is C[C@H]1CC[C@@H](CNC(=O)CCc2nc3c(cnn3-c3ccccc3)c(=O)[nH]2)N1C. The summed E-state index contributed by atoms with van der Waals surface area (Å²) in [5.74, 6) is 0.458. The second-order valence-corrected chi connectivity index (χ2v) is 7.69. The Hall–Kier alpha value is -3.00. The van der Waals surface area contributed by atoms with Crippen molar-refractivity contribution in [2.75, 3.05) is 13.6 Å². The fourth-order valence-electron chi connectivity index (χ4n) is 3.84. The molecule has 0 radical (unpaired) electrons. The van der Waals surface area contributed by atoms with Gasteiger partial charge in [-0.05, 0) is 38.9 Å². The summed E-state index contributed by atoms with van der Waals surface area (Å²) in [5.41, 5.74) is 1.09. The van der Waals surface area contributed by atoms with Gasteiger partial charge < -0.3 is 10.3 Å². The Balaban J connectivity index is 1.43. The lowest BCUT2D eigenvalue weighted by Gasteiger charge is -2.23. The van der Waals surface area contributed by atoms with Gasteiger partial charge in [0.25, 0.3) is 5.56 Å². The Bertz CT molecular complexity index is 1060. The first-order chi connectivity index (χ1) is 14.0. The van der Waals surface area contributed by atoms with Crippen LogP contribution in [0.15, 0.2) is 41.3 Å². The number of carbonyl (C=O) groups is 1. The molecule has 152 valence electrons. The molecule has 1 aliphatic rings. The van der Waals surface area contributed by atoms with Crippen LogP contribution in [0.5, 0.6) is 0 Å². The lowest BCUT2D eigenvalue weighted by Crippen LogP contribution is -2.40. The molecule has 2 atom stereocenters. The number of hydrogen-bond acceptors (Lipinski definition) is 5. The number of nitrogens with one attached hydrogen (secondary N) is 2. The molecule has 4 rings (SSSR count). The maximum atomic E-state index is 12.4. The highest BCUT2D eigenvalue weighted by molar-refractivity contribution is 5.77. The van der Waals surface area contributed by atoms with Gasteiger partial charge in [-0.15, -0.1) is 0 Å². The maximum Gasteiger partial charge on any atom is 0.262 e. The predicted molar refractivity (Wildman–Crippen MR) is 111 cm³/mol. The van der Waals surface area contributed by atoms with E-state index in [0.29, 0.717) is 41.9 Å². The molecule has 29 heavy (non-hydrogen) atoms. The zero-order valence-corrected chi connectivity index (χ0v) is 16.8. The van der Waals surface area contributed by atoms with E-state index in [1.807, 2.05) is 30.3 Å². The molecular formula is C21H26N6O2. The van der Waals surface area contributed by atoms with Crippen molar-refractivity contribution in [1.29, 1.82) is 0 Å².